The average Bonchev–Trinajstić information content (AvgIpc) is 2.23. The minimum atomic E-state index is -2.42. The van der Waals surface area contributed by atoms with Crippen molar-refractivity contribution in [2.24, 2.45) is 0 Å². The van der Waals surface area contributed by atoms with Crippen molar-refractivity contribution < 1.29 is 32.0 Å². The summed E-state index contributed by atoms with van der Waals surface area (Å²) in [7, 11) is 0. The summed E-state index contributed by atoms with van der Waals surface area (Å²) >= 11 is 0. The third-order valence-corrected chi connectivity index (χ3v) is 1.90. The maximum absolute atomic E-state index is 13.0. The second kappa shape index (κ2) is 4.62. The molecule has 0 aliphatic rings. The number of rotatable bonds is 3. The first-order chi connectivity index (χ1) is 7.77. The second-order valence-electron chi connectivity index (χ2n) is 3.01. The van der Waals surface area contributed by atoms with Crippen molar-refractivity contribution in [2.75, 3.05) is 6.54 Å². The number of halogens is 5. The van der Waals surface area contributed by atoms with Crippen LogP contribution in [0.2, 0.25) is 0 Å². The zero-order chi connectivity index (χ0) is 13.3. The fourth-order valence-electron chi connectivity index (χ4n) is 1.15. The van der Waals surface area contributed by atoms with Gasteiger partial charge < -0.3 is 5.11 Å². The van der Waals surface area contributed by atoms with Crippen LogP contribution in [0, 0.1) is 39.2 Å². The zero-order valence-electron chi connectivity index (χ0n) is 7.89. The summed E-state index contributed by atoms with van der Waals surface area (Å²) in [5.74, 6) is -11.5. The maximum Gasteiger partial charge on any atom is 0.233 e. The number of benzene rings is 1. The summed E-state index contributed by atoms with van der Waals surface area (Å²) in [6, 6.07) is 0. The molecule has 0 unspecified atom stereocenters. The largest absolute Gasteiger partial charge is 0.381 e. The lowest BCUT2D eigenvalue weighted by molar-refractivity contribution is -0.491. The van der Waals surface area contributed by atoms with Crippen LogP contribution in [0.3, 0.4) is 0 Å². The number of nitrogens with zero attached hydrogens (tertiary/aromatic N) is 1. The molecule has 94 valence electrons. The van der Waals surface area contributed by atoms with Gasteiger partial charge in [-0.2, -0.15) is 0 Å². The predicted molar refractivity (Wildman–Crippen MR) is 43.1 cm³/mol. The van der Waals surface area contributed by atoms with Crippen molar-refractivity contribution in [3.63, 3.8) is 0 Å². The summed E-state index contributed by atoms with van der Waals surface area (Å²) in [6.45, 7) is -1.38. The van der Waals surface area contributed by atoms with Gasteiger partial charge in [-0.3, -0.25) is 10.1 Å². The first-order valence-corrected chi connectivity index (χ1v) is 4.08. The summed E-state index contributed by atoms with van der Waals surface area (Å²) in [4.78, 5) is 8.83. The molecule has 0 fully saturated rings. The Bertz CT molecular complexity index is 450. The second-order valence-corrected chi connectivity index (χ2v) is 3.01. The van der Waals surface area contributed by atoms with Crippen LogP contribution in [0.15, 0.2) is 0 Å². The topological polar surface area (TPSA) is 63.4 Å². The molecule has 0 aliphatic heterocycles. The average molecular weight is 257 g/mol. The van der Waals surface area contributed by atoms with Crippen molar-refractivity contribution in [2.45, 2.75) is 6.10 Å². The summed E-state index contributed by atoms with van der Waals surface area (Å²) in [6.07, 6.45) is -2.42. The van der Waals surface area contributed by atoms with Crippen LogP contribution in [0.5, 0.6) is 0 Å². The fraction of sp³-hybridized carbons (Fsp3) is 0.250. The minimum absolute atomic E-state index is 1.15. The highest BCUT2D eigenvalue weighted by molar-refractivity contribution is 5.26. The van der Waals surface area contributed by atoms with Crippen molar-refractivity contribution in [3.8, 4) is 0 Å². The van der Waals surface area contributed by atoms with E-state index in [2.05, 4.69) is 0 Å². The molecule has 1 N–H and O–H groups in total. The Morgan fingerprint density at radius 2 is 1.35 bits per heavy atom. The molecule has 0 bridgehead atoms. The van der Waals surface area contributed by atoms with Gasteiger partial charge in [0.1, 0.15) is 6.10 Å². The van der Waals surface area contributed by atoms with E-state index in [-0.39, 0.29) is 0 Å². The van der Waals surface area contributed by atoms with E-state index >= 15 is 0 Å². The van der Waals surface area contributed by atoms with Crippen LogP contribution in [-0.4, -0.2) is 16.6 Å². The van der Waals surface area contributed by atoms with Gasteiger partial charge >= 0.3 is 0 Å². The Labute approximate surface area is 90.4 Å². The van der Waals surface area contributed by atoms with Crippen LogP contribution < -0.4 is 0 Å². The molecule has 0 saturated carbocycles. The van der Waals surface area contributed by atoms with Crippen molar-refractivity contribution in [1.29, 1.82) is 0 Å². The van der Waals surface area contributed by atoms with Gasteiger partial charge in [0.05, 0.1) is 5.56 Å². The van der Waals surface area contributed by atoms with Gasteiger partial charge in [0.25, 0.3) is 0 Å². The number of hydrogen-bond acceptors (Lipinski definition) is 3. The molecule has 0 heterocycles. The quantitative estimate of drug-likeness (QED) is 0.294. The lowest BCUT2D eigenvalue weighted by atomic mass is 10.1. The van der Waals surface area contributed by atoms with Gasteiger partial charge in [0.15, 0.2) is 23.3 Å². The Morgan fingerprint density at radius 3 is 1.71 bits per heavy atom. The van der Waals surface area contributed by atoms with E-state index in [0.29, 0.717) is 0 Å². The van der Waals surface area contributed by atoms with E-state index in [1.54, 1.807) is 0 Å². The van der Waals surface area contributed by atoms with Crippen LogP contribution in [0.25, 0.3) is 0 Å². The van der Waals surface area contributed by atoms with Crippen LogP contribution in [-0.2, 0) is 0 Å². The Kier molecular flexibility index (Phi) is 3.61. The number of aliphatic hydroxyl groups excluding tert-OH is 1. The number of aliphatic hydroxyl groups is 1. The van der Waals surface area contributed by atoms with E-state index in [0.717, 1.165) is 0 Å². The van der Waals surface area contributed by atoms with Gasteiger partial charge in [-0.25, -0.2) is 22.0 Å². The van der Waals surface area contributed by atoms with Gasteiger partial charge in [0.2, 0.25) is 12.4 Å². The molecule has 0 spiro atoms. The van der Waals surface area contributed by atoms with E-state index < -0.39 is 52.2 Å². The monoisotopic (exact) mass is 257 g/mol. The molecule has 1 aromatic rings. The number of hydrogen-bond donors (Lipinski definition) is 1. The molecule has 1 rings (SSSR count). The summed E-state index contributed by atoms with van der Waals surface area (Å²) < 4.78 is 63.9. The van der Waals surface area contributed by atoms with Gasteiger partial charge in [-0.1, -0.05) is 0 Å². The first kappa shape index (κ1) is 13.3. The minimum Gasteiger partial charge on any atom is -0.381 e. The first-order valence-electron chi connectivity index (χ1n) is 4.08. The van der Waals surface area contributed by atoms with E-state index in [4.69, 9.17) is 5.11 Å². The van der Waals surface area contributed by atoms with E-state index in [9.17, 15) is 32.1 Å². The summed E-state index contributed by atoms with van der Waals surface area (Å²) in [5.41, 5.74) is -1.61. The van der Waals surface area contributed by atoms with Gasteiger partial charge in [-0.05, 0) is 0 Å². The normalized spacial score (nSPS) is 12.6. The van der Waals surface area contributed by atoms with Crippen LogP contribution >= 0.6 is 0 Å². The van der Waals surface area contributed by atoms with Crippen molar-refractivity contribution in [3.05, 3.63) is 44.8 Å². The Morgan fingerprint density at radius 1 is 1.00 bits per heavy atom. The molecule has 0 aliphatic carbocycles. The fourth-order valence-corrected chi connectivity index (χ4v) is 1.15. The molecule has 0 amide bonds. The highest BCUT2D eigenvalue weighted by Crippen LogP contribution is 2.27. The van der Waals surface area contributed by atoms with Crippen LogP contribution in [0.1, 0.15) is 11.7 Å². The molecule has 9 heteroatoms. The molecule has 17 heavy (non-hydrogen) atoms. The Balaban J connectivity index is 3.38. The zero-order valence-corrected chi connectivity index (χ0v) is 7.89. The molecule has 1 atom stereocenters. The molecule has 0 radical (unpaired) electrons. The molecule has 0 aromatic heterocycles. The molecular weight excluding hydrogens is 253 g/mol. The summed E-state index contributed by atoms with van der Waals surface area (Å²) in [5, 5.41) is 19.0. The van der Waals surface area contributed by atoms with Crippen molar-refractivity contribution >= 4 is 0 Å². The SMILES string of the molecule is O=[N+]([O-])C[C@@H](O)c1c(F)c(F)c(F)c(F)c1F. The third kappa shape index (κ3) is 2.33. The molecular formula is C8H4F5NO3. The highest BCUT2D eigenvalue weighted by Gasteiger charge is 2.31. The highest BCUT2D eigenvalue weighted by atomic mass is 19.2. The lowest BCUT2D eigenvalue weighted by Crippen LogP contribution is -2.17. The lowest BCUT2D eigenvalue weighted by Gasteiger charge is -2.10. The predicted octanol–water partition coefficient (Wildman–Crippen LogP) is 1.69. The third-order valence-electron chi connectivity index (χ3n) is 1.90. The van der Waals surface area contributed by atoms with Crippen molar-refractivity contribution in [1.82, 2.24) is 0 Å². The number of nitro groups is 1. The molecule has 0 saturated heterocycles. The molecule has 1 aromatic carbocycles. The molecule has 4 nitrogen and oxygen atoms in total. The maximum atomic E-state index is 13.0. The standard InChI is InChI=1S/C8H4F5NO3/c9-4-3(2(15)1-14(16)17)5(10)7(12)8(13)6(4)11/h2,15H,1H2/t2-/m1/s1. The van der Waals surface area contributed by atoms with E-state index in [1.165, 1.54) is 0 Å². The van der Waals surface area contributed by atoms with Gasteiger partial charge in [-0.15, -0.1) is 0 Å². The smallest absolute Gasteiger partial charge is 0.233 e. The van der Waals surface area contributed by atoms with Gasteiger partial charge in [0, 0.05) is 4.92 Å². The van der Waals surface area contributed by atoms with Crippen LogP contribution in [0.4, 0.5) is 22.0 Å². The Hall–Kier alpha value is -1.77. The van der Waals surface area contributed by atoms with E-state index in [1.807, 2.05) is 0 Å².